The van der Waals surface area contributed by atoms with Crippen molar-refractivity contribution in [3.05, 3.63) is 75.6 Å². The summed E-state index contributed by atoms with van der Waals surface area (Å²) in [5.74, 6) is 1.38. The lowest BCUT2D eigenvalue weighted by Crippen LogP contribution is -2.14. The second-order valence-corrected chi connectivity index (χ2v) is 6.71. The Balaban J connectivity index is 1.47. The van der Waals surface area contributed by atoms with Crippen molar-refractivity contribution >= 4 is 5.82 Å². The number of hydrogen-bond donors (Lipinski definition) is 2. The van der Waals surface area contributed by atoms with Crippen LogP contribution in [0.25, 0.3) is 11.4 Å². The maximum absolute atomic E-state index is 13.3. The zero-order valence-electron chi connectivity index (χ0n) is 14.6. The number of halogens is 1. The van der Waals surface area contributed by atoms with E-state index in [1.54, 1.807) is 25.3 Å². The molecule has 2 N–H and O–H groups in total. The van der Waals surface area contributed by atoms with Crippen molar-refractivity contribution in [3.8, 4) is 11.4 Å². The summed E-state index contributed by atoms with van der Waals surface area (Å²) in [6.45, 7) is 3.57. The Bertz CT molecular complexity index is 1010. The minimum absolute atomic E-state index is 0.134. The fourth-order valence-corrected chi connectivity index (χ4v) is 3.05. The van der Waals surface area contributed by atoms with Gasteiger partial charge >= 0.3 is 0 Å². The first-order chi connectivity index (χ1) is 12.5. The van der Waals surface area contributed by atoms with Gasteiger partial charge in [-0.3, -0.25) is 4.79 Å². The molecular weight excluding hydrogens is 331 g/mol. The molecule has 1 saturated carbocycles. The van der Waals surface area contributed by atoms with Crippen molar-refractivity contribution < 1.29 is 4.39 Å². The zero-order chi connectivity index (χ0) is 18.3. The summed E-state index contributed by atoms with van der Waals surface area (Å²) in [5.41, 5.74) is 2.97. The number of rotatable bonds is 4. The van der Waals surface area contributed by atoms with Gasteiger partial charge in [0.15, 0.2) is 0 Å². The third kappa shape index (κ3) is 3.22. The molecule has 0 bridgehead atoms. The summed E-state index contributed by atoms with van der Waals surface area (Å²) in [5, 5.41) is 3.37. The maximum atomic E-state index is 13.3. The summed E-state index contributed by atoms with van der Waals surface area (Å²) >= 11 is 0. The van der Waals surface area contributed by atoms with E-state index in [1.165, 1.54) is 6.07 Å². The summed E-state index contributed by atoms with van der Waals surface area (Å²) < 4.78 is 13.3. The number of aryl methyl sites for hydroxylation is 1. The van der Waals surface area contributed by atoms with Gasteiger partial charge in [-0.1, -0.05) is 12.1 Å². The Hall–Kier alpha value is -3.02. The minimum atomic E-state index is -0.203. The Morgan fingerprint density at radius 1 is 1.23 bits per heavy atom. The number of hydrogen-bond acceptors (Lipinski definition) is 4. The average Bonchev–Trinajstić information content (AvgIpc) is 3.39. The number of nitrogens with zero attached hydrogens (tertiary/aromatic N) is 2. The molecule has 4 rings (SSSR count). The van der Waals surface area contributed by atoms with E-state index in [0.717, 1.165) is 23.4 Å². The minimum Gasteiger partial charge on any atom is -0.367 e. The lowest BCUT2D eigenvalue weighted by atomic mass is 10.1. The van der Waals surface area contributed by atoms with Crippen molar-refractivity contribution in [1.29, 1.82) is 0 Å². The number of H-pyrrole nitrogens is 1. The van der Waals surface area contributed by atoms with Crippen LogP contribution in [-0.2, 0) is 0 Å². The first-order valence-corrected chi connectivity index (χ1v) is 8.57. The molecule has 0 aliphatic heterocycles. The number of benzene rings is 1. The number of nitrogens with one attached hydrogen (secondary N) is 2. The first-order valence-electron chi connectivity index (χ1n) is 8.57. The SMILES string of the molecule is Cc1nc(-c2ccc(N[C@@H]3C[C@H]3c3cccc(F)c3)nc2)[nH]c(=O)c1C. The van der Waals surface area contributed by atoms with E-state index in [-0.39, 0.29) is 17.4 Å². The summed E-state index contributed by atoms with van der Waals surface area (Å²) in [6.07, 6.45) is 2.65. The van der Waals surface area contributed by atoms with Crippen LogP contribution in [0.4, 0.5) is 10.2 Å². The average molecular weight is 350 g/mol. The van der Waals surface area contributed by atoms with E-state index < -0.39 is 0 Å². The lowest BCUT2D eigenvalue weighted by Gasteiger charge is -2.07. The molecule has 2 aromatic heterocycles. The fraction of sp³-hybridized carbons (Fsp3) is 0.250. The Morgan fingerprint density at radius 2 is 2.08 bits per heavy atom. The zero-order valence-corrected chi connectivity index (χ0v) is 14.6. The fourth-order valence-electron chi connectivity index (χ4n) is 3.05. The summed E-state index contributed by atoms with van der Waals surface area (Å²) in [7, 11) is 0. The third-order valence-electron chi connectivity index (χ3n) is 4.83. The molecular formula is C20H19FN4O. The van der Waals surface area contributed by atoms with Gasteiger partial charge in [0.1, 0.15) is 17.5 Å². The standard InChI is InChI=1S/C20H19FN4O/c1-11-12(2)23-19(25-20(11)26)14-6-7-18(22-10-14)24-17-9-16(17)13-4-3-5-15(21)8-13/h3-8,10,16-17H,9H2,1-2H3,(H,22,24)(H,23,25,26)/t16-,17+/m0/s1. The highest BCUT2D eigenvalue weighted by molar-refractivity contribution is 5.56. The molecule has 1 aliphatic rings. The van der Waals surface area contributed by atoms with E-state index in [9.17, 15) is 9.18 Å². The van der Waals surface area contributed by atoms with Gasteiger partial charge in [0.2, 0.25) is 0 Å². The van der Waals surface area contributed by atoms with Gasteiger partial charge in [-0.05, 0) is 50.1 Å². The van der Waals surface area contributed by atoms with Crippen LogP contribution in [0.3, 0.4) is 0 Å². The van der Waals surface area contributed by atoms with Gasteiger partial charge < -0.3 is 10.3 Å². The van der Waals surface area contributed by atoms with Gasteiger partial charge in [-0.25, -0.2) is 14.4 Å². The molecule has 132 valence electrons. The Kier molecular flexibility index (Phi) is 4.03. The van der Waals surface area contributed by atoms with Crippen LogP contribution in [0.2, 0.25) is 0 Å². The number of aromatic amines is 1. The van der Waals surface area contributed by atoms with E-state index >= 15 is 0 Å². The molecule has 0 amide bonds. The van der Waals surface area contributed by atoms with Gasteiger partial charge in [0, 0.05) is 35.0 Å². The van der Waals surface area contributed by atoms with Gasteiger partial charge in [0.25, 0.3) is 5.56 Å². The highest BCUT2D eigenvalue weighted by Gasteiger charge is 2.38. The van der Waals surface area contributed by atoms with Crippen LogP contribution in [0.15, 0.2) is 47.4 Å². The second kappa shape index (κ2) is 6.37. The number of anilines is 1. The van der Waals surface area contributed by atoms with Crippen molar-refractivity contribution in [2.24, 2.45) is 0 Å². The van der Waals surface area contributed by atoms with Crippen LogP contribution >= 0.6 is 0 Å². The van der Waals surface area contributed by atoms with Crippen molar-refractivity contribution in [2.45, 2.75) is 32.2 Å². The van der Waals surface area contributed by atoms with E-state index in [1.807, 2.05) is 25.1 Å². The topological polar surface area (TPSA) is 70.7 Å². The monoisotopic (exact) mass is 350 g/mol. The molecule has 1 aromatic carbocycles. The molecule has 1 aliphatic carbocycles. The smallest absolute Gasteiger partial charge is 0.254 e. The quantitative estimate of drug-likeness (QED) is 0.755. The maximum Gasteiger partial charge on any atom is 0.254 e. The number of aromatic nitrogens is 3. The highest BCUT2D eigenvalue weighted by atomic mass is 19.1. The van der Waals surface area contributed by atoms with Gasteiger partial charge in [-0.15, -0.1) is 0 Å². The molecule has 0 spiro atoms. The van der Waals surface area contributed by atoms with Crippen molar-refractivity contribution in [1.82, 2.24) is 15.0 Å². The normalized spacial score (nSPS) is 18.6. The van der Waals surface area contributed by atoms with E-state index in [2.05, 4.69) is 20.3 Å². The molecule has 0 radical (unpaired) electrons. The molecule has 3 aromatic rings. The molecule has 0 unspecified atom stereocenters. The largest absolute Gasteiger partial charge is 0.367 e. The highest BCUT2D eigenvalue weighted by Crippen LogP contribution is 2.42. The van der Waals surface area contributed by atoms with Crippen LogP contribution in [0.1, 0.15) is 29.2 Å². The van der Waals surface area contributed by atoms with Crippen LogP contribution in [-0.4, -0.2) is 21.0 Å². The predicted molar refractivity (Wildman–Crippen MR) is 98.7 cm³/mol. The second-order valence-electron chi connectivity index (χ2n) is 6.71. The van der Waals surface area contributed by atoms with Crippen LogP contribution in [0, 0.1) is 19.7 Å². The Morgan fingerprint density at radius 3 is 2.77 bits per heavy atom. The van der Waals surface area contributed by atoms with Gasteiger partial charge in [-0.2, -0.15) is 0 Å². The van der Waals surface area contributed by atoms with Crippen molar-refractivity contribution in [3.63, 3.8) is 0 Å². The molecule has 0 saturated heterocycles. The van der Waals surface area contributed by atoms with Gasteiger partial charge in [0.05, 0.1) is 0 Å². The van der Waals surface area contributed by atoms with Crippen LogP contribution in [0.5, 0.6) is 0 Å². The summed E-state index contributed by atoms with van der Waals surface area (Å²) in [4.78, 5) is 23.5. The molecule has 2 atom stereocenters. The van der Waals surface area contributed by atoms with Crippen LogP contribution < -0.4 is 10.9 Å². The lowest BCUT2D eigenvalue weighted by molar-refractivity contribution is 0.625. The van der Waals surface area contributed by atoms with E-state index in [0.29, 0.717) is 23.0 Å². The summed E-state index contributed by atoms with van der Waals surface area (Å²) in [6, 6.07) is 10.7. The molecule has 1 fully saturated rings. The van der Waals surface area contributed by atoms with E-state index in [4.69, 9.17) is 0 Å². The molecule has 5 nitrogen and oxygen atoms in total. The van der Waals surface area contributed by atoms with Crippen molar-refractivity contribution in [2.75, 3.05) is 5.32 Å². The molecule has 6 heteroatoms. The third-order valence-corrected chi connectivity index (χ3v) is 4.83. The number of pyridine rings is 1. The first kappa shape index (κ1) is 16.4. The predicted octanol–water partition coefficient (Wildman–Crippen LogP) is 3.56. The molecule has 2 heterocycles. The molecule has 26 heavy (non-hydrogen) atoms. The Labute approximate surface area is 150 Å².